The van der Waals surface area contributed by atoms with E-state index in [-0.39, 0.29) is 23.5 Å². The molecule has 0 saturated heterocycles. The summed E-state index contributed by atoms with van der Waals surface area (Å²) < 4.78 is 11.0. The molecule has 1 N–H and O–H groups in total. The van der Waals surface area contributed by atoms with E-state index < -0.39 is 5.41 Å². The summed E-state index contributed by atoms with van der Waals surface area (Å²) in [6, 6.07) is 7.14. The van der Waals surface area contributed by atoms with Gasteiger partial charge in [0, 0.05) is 23.7 Å². The van der Waals surface area contributed by atoms with Gasteiger partial charge in [0.15, 0.2) is 11.5 Å². The molecule has 1 aliphatic heterocycles. The number of benzene rings is 1. The van der Waals surface area contributed by atoms with E-state index in [1.54, 1.807) is 12.1 Å². The molecule has 0 spiro atoms. The monoisotopic (exact) mass is 436 g/mol. The second-order valence-corrected chi connectivity index (χ2v) is 9.73. The van der Waals surface area contributed by atoms with E-state index >= 15 is 0 Å². The number of fused-ring (bicyclic) bond motifs is 7. The van der Waals surface area contributed by atoms with Crippen molar-refractivity contribution < 1.29 is 14.3 Å². The number of carbonyl (C=O) groups excluding carboxylic acids is 1. The number of ether oxygens (including phenoxy) is 2. The van der Waals surface area contributed by atoms with Crippen molar-refractivity contribution in [3.8, 4) is 11.5 Å². The van der Waals surface area contributed by atoms with Crippen molar-refractivity contribution in [3.05, 3.63) is 46.9 Å². The van der Waals surface area contributed by atoms with Gasteiger partial charge in [0.1, 0.15) is 5.82 Å². The second-order valence-electron chi connectivity index (χ2n) is 9.29. The first-order valence-corrected chi connectivity index (χ1v) is 10.7. The Hall–Kier alpha value is -2.93. The molecule has 2 bridgehead atoms. The van der Waals surface area contributed by atoms with E-state index in [1.165, 1.54) is 6.20 Å². The number of halogens is 1. The largest absolute Gasteiger partial charge is 0.454 e. The van der Waals surface area contributed by atoms with Crippen molar-refractivity contribution in [1.29, 1.82) is 0 Å². The molecule has 7 nitrogen and oxygen atoms in total. The van der Waals surface area contributed by atoms with E-state index in [0.717, 1.165) is 23.3 Å². The molecule has 1 fully saturated rings. The third kappa shape index (κ3) is 2.19. The third-order valence-corrected chi connectivity index (χ3v) is 8.11. The average Bonchev–Trinajstić information content (AvgIpc) is 3.31. The molecule has 2 atom stereocenters. The number of carbonyl (C=O) groups is 1. The van der Waals surface area contributed by atoms with Gasteiger partial charge in [0.05, 0.1) is 32.9 Å². The zero-order valence-corrected chi connectivity index (χ0v) is 18.2. The summed E-state index contributed by atoms with van der Waals surface area (Å²) >= 11 is 5.95. The Labute approximate surface area is 184 Å². The van der Waals surface area contributed by atoms with Crippen molar-refractivity contribution in [3.63, 3.8) is 0 Å². The quantitative estimate of drug-likeness (QED) is 0.641. The first-order valence-electron chi connectivity index (χ1n) is 10.3. The van der Waals surface area contributed by atoms with Crippen LogP contribution in [0.5, 0.6) is 11.5 Å². The van der Waals surface area contributed by atoms with Crippen molar-refractivity contribution in [2.24, 2.45) is 5.41 Å². The Balaban J connectivity index is 1.53. The molecule has 1 saturated carbocycles. The number of pyridine rings is 1. The van der Waals surface area contributed by atoms with Gasteiger partial charge in [0.2, 0.25) is 12.7 Å². The highest BCUT2D eigenvalue weighted by Crippen LogP contribution is 2.70. The molecular weight excluding hydrogens is 416 g/mol. The fourth-order valence-electron chi connectivity index (χ4n) is 5.67. The van der Waals surface area contributed by atoms with E-state index in [1.807, 2.05) is 12.1 Å². The fraction of sp³-hybridized carbons (Fsp3) is 0.391. The van der Waals surface area contributed by atoms with E-state index in [0.29, 0.717) is 34.3 Å². The molecule has 1 aromatic carbocycles. The van der Waals surface area contributed by atoms with Crippen molar-refractivity contribution in [2.75, 3.05) is 12.1 Å². The predicted octanol–water partition coefficient (Wildman–Crippen LogP) is 4.37. The number of hydrogen-bond acceptors (Lipinski definition) is 6. The van der Waals surface area contributed by atoms with E-state index in [2.05, 4.69) is 31.1 Å². The Bertz CT molecular complexity index is 1280. The average molecular weight is 437 g/mol. The van der Waals surface area contributed by atoms with Crippen LogP contribution in [0.4, 0.5) is 5.82 Å². The molecule has 1 amide bonds. The number of nitrogens with zero attached hydrogens (tertiary/aromatic N) is 3. The number of amides is 1. The summed E-state index contributed by atoms with van der Waals surface area (Å²) in [6.45, 7) is 6.68. The molecule has 0 radical (unpaired) electrons. The SMILES string of the molecule is CC12CCC(C(=O)Nc3ccc(Cl)cn3)(c3nc4cc5c(cc4nc31)OCO5)C2(C)C. The van der Waals surface area contributed by atoms with Crippen LogP contribution in [0.3, 0.4) is 0 Å². The van der Waals surface area contributed by atoms with Crippen molar-refractivity contribution in [1.82, 2.24) is 15.0 Å². The number of rotatable bonds is 2. The lowest BCUT2D eigenvalue weighted by Crippen LogP contribution is -2.48. The maximum absolute atomic E-state index is 13.8. The number of nitrogens with one attached hydrogen (secondary N) is 1. The first kappa shape index (κ1) is 18.8. The van der Waals surface area contributed by atoms with Crippen LogP contribution in [0.1, 0.15) is 45.0 Å². The Morgan fingerprint density at radius 3 is 2.35 bits per heavy atom. The summed E-state index contributed by atoms with van der Waals surface area (Å²) in [5.74, 6) is 1.69. The van der Waals surface area contributed by atoms with Gasteiger partial charge in [-0.05, 0) is 30.4 Å². The third-order valence-electron chi connectivity index (χ3n) is 7.89. The van der Waals surface area contributed by atoms with Crippen LogP contribution < -0.4 is 14.8 Å². The molecule has 2 aliphatic carbocycles. The molecular formula is C23H21ClN4O3. The Morgan fingerprint density at radius 1 is 1.03 bits per heavy atom. The lowest BCUT2D eigenvalue weighted by molar-refractivity contribution is -0.125. The Morgan fingerprint density at radius 2 is 1.71 bits per heavy atom. The van der Waals surface area contributed by atoms with Crippen LogP contribution in [0.15, 0.2) is 30.5 Å². The molecule has 8 heteroatoms. The molecule has 2 unspecified atom stereocenters. The Kier molecular flexibility index (Phi) is 3.55. The van der Waals surface area contributed by atoms with Gasteiger partial charge in [0.25, 0.3) is 0 Å². The summed E-state index contributed by atoms with van der Waals surface area (Å²) in [4.78, 5) is 28.1. The van der Waals surface area contributed by atoms with Gasteiger partial charge in [-0.1, -0.05) is 32.4 Å². The van der Waals surface area contributed by atoms with Gasteiger partial charge in [-0.3, -0.25) is 4.79 Å². The van der Waals surface area contributed by atoms with Gasteiger partial charge >= 0.3 is 0 Å². The first-order chi connectivity index (χ1) is 14.8. The highest BCUT2D eigenvalue weighted by molar-refractivity contribution is 6.30. The standard InChI is InChI=1S/C23H21ClN4O3/c1-21(2)22(3)6-7-23(21,20(29)28-17-5-4-12(24)10-25-17)19-18(22)26-13-8-15-16(31-11-30-15)9-14(13)27-19/h4-5,8-10H,6-7,11H2,1-3H3,(H,25,28,29). The minimum Gasteiger partial charge on any atom is -0.454 e. The fourth-order valence-corrected chi connectivity index (χ4v) is 5.78. The molecule has 158 valence electrons. The van der Waals surface area contributed by atoms with Crippen molar-refractivity contribution in [2.45, 2.75) is 44.4 Å². The zero-order valence-electron chi connectivity index (χ0n) is 17.5. The number of aromatic nitrogens is 3. The van der Waals surface area contributed by atoms with Crippen LogP contribution in [0.25, 0.3) is 11.0 Å². The lowest BCUT2D eigenvalue weighted by atomic mass is 9.63. The normalized spacial score (nSPS) is 26.8. The molecule has 31 heavy (non-hydrogen) atoms. The van der Waals surface area contributed by atoms with Crippen LogP contribution in [-0.4, -0.2) is 27.7 Å². The number of anilines is 1. The highest BCUT2D eigenvalue weighted by atomic mass is 35.5. The van der Waals surface area contributed by atoms with Crippen LogP contribution in [-0.2, 0) is 15.6 Å². The van der Waals surface area contributed by atoms with Crippen LogP contribution in [0.2, 0.25) is 5.02 Å². The van der Waals surface area contributed by atoms with Gasteiger partial charge in [-0.15, -0.1) is 0 Å². The van der Waals surface area contributed by atoms with Crippen molar-refractivity contribution >= 4 is 34.4 Å². The van der Waals surface area contributed by atoms with Gasteiger partial charge in [-0.25, -0.2) is 15.0 Å². The molecule has 2 aromatic heterocycles. The maximum Gasteiger partial charge on any atom is 0.238 e. The molecule has 3 heterocycles. The van der Waals surface area contributed by atoms with Crippen LogP contribution >= 0.6 is 11.6 Å². The molecule has 3 aromatic rings. The number of hydrogen-bond donors (Lipinski definition) is 1. The zero-order chi connectivity index (χ0) is 21.6. The minimum absolute atomic E-state index is 0.107. The summed E-state index contributed by atoms with van der Waals surface area (Å²) in [5.41, 5.74) is 1.64. The van der Waals surface area contributed by atoms with Gasteiger partial charge < -0.3 is 14.8 Å². The van der Waals surface area contributed by atoms with E-state index in [9.17, 15) is 4.79 Å². The highest BCUT2D eigenvalue weighted by Gasteiger charge is 2.73. The molecule has 6 rings (SSSR count). The summed E-state index contributed by atoms with van der Waals surface area (Å²) in [5, 5.41) is 3.53. The maximum atomic E-state index is 13.8. The summed E-state index contributed by atoms with van der Waals surface area (Å²) in [6.07, 6.45) is 3.09. The minimum atomic E-state index is -0.810. The smallest absolute Gasteiger partial charge is 0.238 e. The van der Waals surface area contributed by atoms with E-state index in [4.69, 9.17) is 31.0 Å². The predicted molar refractivity (Wildman–Crippen MR) is 116 cm³/mol. The lowest BCUT2D eigenvalue weighted by Gasteiger charge is -2.39. The molecule has 3 aliphatic rings. The topological polar surface area (TPSA) is 86.2 Å². The summed E-state index contributed by atoms with van der Waals surface area (Å²) in [7, 11) is 0. The van der Waals surface area contributed by atoms with Crippen LogP contribution in [0, 0.1) is 5.41 Å². The second kappa shape index (κ2) is 5.85. The van der Waals surface area contributed by atoms with Gasteiger partial charge in [-0.2, -0.15) is 0 Å².